The van der Waals surface area contributed by atoms with Gasteiger partial charge in [0.1, 0.15) is 6.61 Å². The van der Waals surface area contributed by atoms with Crippen molar-refractivity contribution in [2.24, 2.45) is 0 Å². The molecule has 0 aromatic heterocycles. The van der Waals surface area contributed by atoms with Crippen molar-refractivity contribution in [3.8, 4) is 0 Å². The molecule has 0 amide bonds. The molecular weight excluding hydrogens is 627 g/mol. The molecule has 0 aliphatic rings. The number of allylic oxidation sites excluding steroid dienone is 6. The van der Waals surface area contributed by atoms with E-state index in [1.807, 2.05) is 0 Å². The fraction of sp³-hybridized carbons (Fsp3) is 0.795. The number of phosphoric acid groups is 1. The van der Waals surface area contributed by atoms with Gasteiger partial charge >= 0.3 is 19.8 Å². The summed E-state index contributed by atoms with van der Waals surface area (Å²) in [5.74, 6) is -0.928. The van der Waals surface area contributed by atoms with Crippen LogP contribution in [0.25, 0.3) is 0 Å². The molecule has 1 atom stereocenters. The predicted octanol–water partition coefficient (Wildman–Crippen LogP) is 11.4. The predicted molar refractivity (Wildman–Crippen MR) is 198 cm³/mol. The summed E-state index contributed by atoms with van der Waals surface area (Å²) in [6.07, 6.45) is 40.1. The van der Waals surface area contributed by atoms with Crippen LogP contribution < -0.4 is 0 Å². The summed E-state index contributed by atoms with van der Waals surface area (Å²) in [6.45, 7) is 3.63. The van der Waals surface area contributed by atoms with Gasteiger partial charge in [-0.25, -0.2) is 4.57 Å². The van der Waals surface area contributed by atoms with Crippen LogP contribution in [-0.4, -0.2) is 41.0 Å². The first-order chi connectivity index (χ1) is 23.3. The molecular formula is C39H71O8P. The van der Waals surface area contributed by atoms with Crippen molar-refractivity contribution in [3.63, 3.8) is 0 Å². The van der Waals surface area contributed by atoms with Crippen LogP contribution in [0, 0.1) is 0 Å². The van der Waals surface area contributed by atoms with Crippen molar-refractivity contribution in [2.75, 3.05) is 13.2 Å². The van der Waals surface area contributed by atoms with Crippen LogP contribution in [0.5, 0.6) is 0 Å². The van der Waals surface area contributed by atoms with Crippen molar-refractivity contribution in [2.45, 2.75) is 187 Å². The van der Waals surface area contributed by atoms with E-state index >= 15 is 0 Å². The maximum atomic E-state index is 12.3. The highest BCUT2D eigenvalue weighted by atomic mass is 31.2. The first-order valence-electron chi connectivity index (χ1n) is 19.3. The van der Waals surface area contributed by atoms with Gasteiger partial charge in [0, 0.05) is 12.8 Å². The van der Waals surface area contributed by atoms with Gasteiger partial charge in [0.25, 0.3) is 0 Å². The largest absolute Gasteiger partial charge is 0.469 e. The summed E-state index contributed by atoms with van der Waals surface area (Å²) in [6, 6.07) is 0. The zero-order valence-corrected chi connectivity index (χ0v) is 31.5. The fourth-order valence-corrected chi connectivity index (χ4v) is 5.58. The number of carbonyl (C=O) groups is 2. The number of ether oxygens (including phenoxy) is 2. The molecule has 0 bridgehead atoms. The Morgan fingerprint density at radius 2 is 0.938 bits per heavy atom. The van der Waals surface area contributed by atoms with Gasteiger partial charge in [-0.2, -0.15) is 0 Å². The highest BCUT2D eigenvalue weighted by molar-refractivity contribution is 7.46. The van der Waals surface area contributed by atoms with Gasteiger partial charge in [0.05, 0.1) is 6.61 Å². The number of hydrogen-bond acceptors (Lipinski definition) is 6. The second-order valence-corrected chi connectivity index (χ2v) is 14.1. The van der Waals surface area contributed by atoms with E-state index in [0.717, 1.165) is 51.4 Å². The van der Waals surface area contributed by atoms with Gasteiger partial charge in [-0.1, -0.05) is 134 Å². The van der Waals surface area contributed by atoms with Gasteiger partial charge in [0.15, 0.2) is 6.10 Å². The lowest BCUT2D eigenvalue weighted by Gasteiger charge is -2.18. The van der Waals surface area contributed by atoms with E-state index in [1.165, 1.54) is 89.9 Å². The Hall–Kier alpha value is -1.73. The van der Waals surface area contributed by atoms with Gasteiger partial charge in [-0.05, 0) is 70.6 Å². The molecule has 0 fully saturated rings. The number of esters is 2. The van der Waals surface area contributed by atoms with Crippen molar-refractivity contribution >= 4 is 19.8 Å². The van der Waals surface area contributed by atoms with E-state index in [1.54, 1.807) is 0 Å². The first-order valence-corrected chi connectivity index (χ1v) is 20.8. The fourth-order valence-electron chi connectivity index (χ4n) is 5.22. The summed E-state index contributed by atoms with van der Waals surface area (Å²) >= 11 is 0. The molecule has 8 nitrogen and oxygen atoms in total. The molecule has 2 N–H and O–H groups in total. The summed E-state index contributed by atoms with van der Waals surface area (Å²) < 4.78 is 26.3. The lowest BCUT2D eigenvalue weighted by atomic mass is 10.1. The highest BCUT2D eigenvalue weighted by Crippen LogP contribution is 2.36. The summed E-state index contributed by atoms with van der Waals surface area (Å²) in [7, 11) is -4.76. The van der Waals surface area contributed by atoms with Crippen LogP contribution in [0.3, 0.4) is 0 Å². The molecule has 0 aliphatic carbocycles. The molecule has 0 aliphatic heterocycles. The molecule has 0 aromatic carbocycles. The van der Waals surface area contributed by atoms with E-state index in [4.69, 9.17) is 19.3 Å². The normalized spacial score (nSPS) is 12.8. The molecule has 0 saturated carbocycles. The van der Waals surface area contributed by atoms with Crippen LogP contribution in [0.15, 0.2) is 36.5 Å². The van der Waals surface area contributed by atoms with Crippen LogP contribution in [0.4, 0.5) is 0 Å². The topological polar surface area (TPSA) is 119 Å². The van der Waals surface area contributed by atoms with Gasteiger partial charge in [-0.3, -0.25) is 14.1 Å². The minimum atomic E-state index is -4.76. The third kappa shape index (κ3) is 37.1. The zero-order valence-electron chi connectivity index (χ0n) is 30.6. The van der Waals surface area contributed by atoms with Crippen LogP contribution in [0.1, 0.15) is 181 Å². The molecule has 0 aromatic rings. The smallest absolute Gasteiger partial charge is 0.462 e. The lowest BCUT2D eigenvalue weighted by molar-refractivity contribution is -0.161. The van der Waals surface area contributed by atoms with Crippen molar-refractivity contribution < 1.29 is 37.9 Å². The Kier molecular flexibility index (Phi) is 33.8. The lowest BCUT2D eigenvalue weighted by Crippen LogP contribution is -2.29. The highest BCUT2D eigenvalue weighted by Gasteiger charge is 2.22. The number of rotatable bonds is 35. The van der Waals surface area contributed by atoms with Gasteiger partial charge in [0.2, 0.25) is 0 Å². The standard InChI is InChI=1S/C39H71O8P/c1-3-5-7-9-11-13-15-17-19-21-23-25-27-29-31-33-38(40)45-35-37(36-46-48(42,43)44)47-39(41)34-32-30-28-26-24-22-20-18-16-14-12-10-8-6-4-2/h13,15,18,20,24,26,37H,3-12,14,16-17,19,21-23,25,27-36H2,1-2H3,(H2,42,43,44)/b15-13+,20-18+,26-24+/t37-/m1/s1. The van der Waals surface area contributed by atoms with E-state index in [0.29, 0.717) is 12.8 Å². The molecule has 280 valence electrons. The van der Waals surface area contributed by atoms with E-state index in [2.05, 4.69) is 54.8 Å². The van der Waals surface area contributed by atoms with Crippen molar-refractivity contribution in [3.05, 3.63) is 36.5 Å². The summed E-state index contributed by atoms with van der Waals surface area (Å²) in [5, 5.41) is 0. The van der Waals surface area contributed by atoms with Crippen molar-refractivity contribution in [1.29, 1.82) is 0 Å². The number of phosphoric ester groups is 1. The second-order valence-electron chi connectivity index (χ2n) is 12.9. The molecule has 0 saturated heterocycles. The molecule has 0 spiro atoms. The van der Waals surface area contributed by atoms with Crippen LogP contribution in [-0.2, 0) is 28.2 Å². The average Bonchev–Trinajstić information content (AvgIpc) is 3.05. The van der Waals surface area contributed by atoms with Gasteiger partial charge < -0.3 is 19.3 Å². The quantitative estimate of drug-likeness (QED) is 0.0290. The van der Waals surface area contributed by atoms with Gasteiger partial charge in [-0.15, -0.1) is 0 Å². The second kappa shape index (κ2) is 35.1. The molecule has 0 unspecified atom stereocenters. The first kappa shape index (κ1) is 46.3. The van der Waals surface area contributed by atoms with Crippen LogP contribution >= 0.6 is 7.82 Å². The Balaban J connectivity index is 4.02. The molecule has 0 radical (unpaired) electrons. The third-order valence-corrected chi connectivity index (χ3v) is 8.62. The number of carbonyl (C=O) groups excluding carboxylic acids is 2. The molecule has 0 heterocycles. The molecule has 48 heavy (non-hydrogen) atoms. The minimum Gasteiger partial charge on any atom is -0.462 e. The monoisotopic (exact) mass is 698 g/mol. The number of hydrogen-bond donors (Lipinski definition) is 2. The van der Waals surface area contributed by atoms with Crippen LogP contribution in [0.2, 0.25) is 0 Å². The maximum absolute atomic E-state index is 12.3. The Morgan fingerprint density at radius 3 is 1.46 bits per heavy atom. The summed E-state index contributed by atoms with van der Waals surface area (Å²) in [4.78, 5) is 42.7. The Morgan fingerprint density at radius 1 is 0.542 bits per heavy atom. The molecule has 9 heteroatoms. The van der Waals surface area contributed by atoms with E-state index in [9.17, 15) is 14.2 Å². The SMILES string of the molecule is CCCCCC/C=C/CCCCCCCCCC(=O)OC[C@H](COP(=O)(O)O)OC(=O)CCCC/C=C/C/C=C/CCCCCCCC. The van der Waals surface area contributed by atoms with E-state index < -0.39 is 32.5 Å². The van der Waals surface area contributed by atoms with E-state index in [-0.39, 0.29) is 19.4 Å². The summed E-state index contributed by atoms with van der Waals surface area (Å²) in [5.41, 5.74) is 0. The zero-order chi connectivity index (χ0) is 35.4. The maximum Gasteiger partial charge on any atom is 0.469 e. The number of unbranched alkanes of at least 4 members (excludes halogenated alkanes) is 19. The minimum absolute atomic E-state index is 0.169. The van der Waals surface area contributed by atoms with Crippen molar-refractivity contribution in [1.82, 2.24) is 0 Å². The Labute approximate surface area is 293 Å². The Bertz CT molecular complexity index is 879. The average molecular weight is 699 g/mol. The molecule has 0 rings (SSSR count). The third-order valence-electron chi connectivity index (χ3n) is 8.13.